The number of amides is 4. The Morgan fingerprint density at radius 2 is 1.63 bits per heavy atom. The normalized spacial score (nSPS) is 14.7. The summed E-state index contributed by atoms with van der Waals surface area (Å²) in [4.78, 5) is 57.7. The van der Waals surface area contributed by atoms with E-state index < -0.39 is 59.9 Å². The number of halogens is 3. The van der Waals surface area contributed by atoms with Crippen LogP contribution in [0.1, 0.15) is 54.4 Å². The van der Waals surface area contributed by atoms with Gasteiger partial charge in [-0.2, -0.15) is 0 Å². The van der Waals surface area contributed by atoms with Gasteiger partial charge in [-0.3, -0.25) is 14.5 Å². The number of fused-ring (bicyclic) bond motifs is 1. The first-order chi connectivity index (χ1) is 19.8. The molecular formula is C27H36F3N5O7S. The minimum atomic E-state index is -4.84. The molecule has 1 aromatic carbocycles. The molecule has 2 aromatic rings. The molecule has 12 nitrogen and oxygen atoms in total. The molecule has 1 aliphatic heterocycles. The van der Waals surface area contributed by atoms with Gasteiger partial charge in [-0.1, -0.05) is 11.3 Å². The third kappa shape index (κ3) is 11.1. The maximum Gasteiger partial charge on any atom is 0.573 e. The van der Waals surface area contributed by atoms with Gasteiger partial charge in [0.15, 0.2) is 5.13 Å². The first-order valence-electron chi connectivity index (χ1n) is 13.5. The van der Waals surface area contributed by atoms with E-state index in [1.165, 1.54) is 11.0 Å². The van der Waals surface area contributed by atoms with Gasteiger partial charge in [0, 0.05) is 25.2 Å². The highest BCUT2D eigenvalue weighted by Crippen LogP contribution is 2.31. The molecule has 1 aliphatic rings. The predicted molar refractivity (Wildman–Crippen MR) is 152 cm³/mol. The van der Waals surface area contributed by atoms with Crippen molar-refractivity contribution in [2.75, 3.05) is 31.5 Å². The second-order valence-electron chi connectivity index (χ2n) is 11.8. The van der Waals surface area contributed by atoms with E-state index in [4.69, 9.17) is 9.47 Å². The Balaban J connectivity index is 1.57. The molecule has 1 fully saturated rings. The topological polar surface area (TPSA) is 139 Å². The number of benzene rings is 1. The average Bonchev–Trinajstić information content (AvgIpc) is 3.24. The van der Waals surface area contributed by atoms with Gasteiger partial charge >= 0.3 is 18.5 Å². The van der Waals surface area contributed by atoms with E-state index in [-0.39, 0.29) is 11.7 Å². The number of carbonyl (C=O) groups is 4. The zero-order chi connectivity index (χ0) is 32.2. The molecule has 43 heavy (non-hydrogen) atoms. The maximum atomic E-state index is 13.0. The highest BCUT2D eigenvalue weighted by molar-refractivity contribution is 7.22. The summed E-state index contributed by atoms with van der Waals surface area (Å²) in [6.45, 7) is 10.2. The van der Waals surface area contributed by atoms with Crippen LogP contribution in [0.4, 0.5) is 27.9 Å². The first-order valence-corrected chi connectivity index (χ1v) is 14.3. The van der Waals surface area contributed by atoms with Gasteiger partial charge < -0.3 is 29.7 Å². The Morgan fingerprint density at radius 1 is 1.00 bits per heavy atom. The lowest BCUT2D eigenvalue weighted by molar-refractivity contribution is -0.274. The number of nitrogens with zero attached hydrogens (tertiary/aromatic N) is 3. The summed E-state index contributed by atoms with van der Waals surface area (Å²) < 4.78 is 52.6. The van der Waals surface area contributed by atoms with E-state index in [0.29, 0.717) is 36.1 Å². The van der Waals surface area contributed by atoms with Crippen LogP contribution in [0.3, 0.4) is 0 Å². The number of anilines is 1. The standard InChI is InChI=1S/C27H36F3N5O7S/c1-25(2,3)41-23(38)34-11-9-16(10-12-34)35(24(39)42-26(4,5)6)15-21(37)31-14-20(36)33-22-32-18-8-7-17(13-19(18)43-22)40-27(28,29)30/h7-8,13,16H,9-12,14-15H2,1-6H3,(H,31,37)(H,32,33,36). The van der Waals surface area contributed by atoms with E-state index in [1.807, 2.05) is 0 Å². The lowest BCUT2D eigenvalue weighted by Gasteiger charge is -2.39. The van der Waals surface area contributed by atoms with Crippen LogP contribution in [0.25, 0.3) is 10.2 Å². The number of rotatable bonds is 7. The number of alkyl halides is 3. The Kier molecular flexibility index (Phi) is 10.4. The molecule has 238 valence electrons. The summed E-state index contributed by atoms with van der Waals surface area (Å²) in [7, 11) is 0. The summed E-state index contributed by atoms with van der Waals surface area (Å²) >= 11 is 0.934. The van der Waals surface area contributed by atoms with Crippen molar-refractivity contribution in [3.63, 3.8) is 0 Å². The highest BCUT2D eigenvalue weighted by Gasteiger charge is 2.35. The number of ether oxygens (including phenoxy) is 3. The van der Waals surface area contributed by atoms with Gasteiger partial charge in [0.25, 0.3) is 0 Å². The van der Waals surface area contributed by atoms with Crippen molar-refractivity contribution in [3.05, 3.63) is 18.2 Å². The Hall–Kier alpha value is -3.82. The number of aromatic nitrogens is 1. The van der Waals surface area contributed by atoms with E-state index in [0.717, 1.165) is 23.5 Å². The number of hydrogen-bond acceptors (Lipinski definition) is 9. The van der Waals surface area contributed by atoms with Gasteiger partial charge in [0.1, 0.15) is 23.5 Å². The summed E-state index contributed by atoms with van der Waals surface area (Å²) in [5, 5.41) is 5.07. The molecule has 0 aliphatic carbocycles. The number of hydrogen-bond donors (Lipinski definition) is 2. The fourth-order valence-electron chi connectivity index (χ4n) is 4.06. The molecule has 16 heteroatoms. The van der Waals surface area contributed by atoms with Gasteiger partial charge in [0.05, 0.1) is 16.8 Å². The number of piperidine rings is 1. The molecule has 0 unspecified atom stereocenters. The number of nitrogens with one attached hydrogen (secondary N) is 2. The van der Waals surface area contributed by atoms with Crippen LogP contribution in [-0.4, -0.2) is 88.6 Å². The second-order valence-corrected chi connectivity index (χ2v) is 12.9. The molecule has 1 aromatic heterocycles. The zero-order valence-corrected chi connectivity index (χ0v) is 25.6. The molecule has 0 saturated carbocycles. The summed E-state index contributed by atoms with van der Waals surface area (Å²) in [5.74, 6) is -1.67. The predicted octanol–water partition coefficient (Wildman–Crippen LogP) is 4.89. The van der Waals surface area contributed by atoms with Crippen molar-refractivity contribution in [1.82, 2.24) is 20.1 Å². The fraction of sp³-hybridized carbons (Fsp3) is 0.593. The Bertz CT molecular complexity index is 1330. The Labute approximate surface area is 250 Å². The highest BCUT2D eigenvalue weighted by atomic mass is 32.1. The minimum absolute atomic E-state index is 0.116. The lowest BCUT2D eigenvalue weighted by Crippen LogP contribution is -2.53. The fourth-order valence-corrected chi connectivity index (χ4v) is 4.97. The lowest BCUT2D eigenvalue weighted by atomic mass is 10.0. The van der Waals surface area contributed by atoms with Crippen LogP contribution in [0.5, 0.6) is 5.75 Å². The minimum Gasteiger partial charge on any atom is -0.444 e. The van der Waals surface area contributed by atoms with Crippen LogP contribution < -0.4 is 15.4 Å². The van der Waals surface area contributed by atoms with E-state index in [1.54, 1.807) is 46.4 Å². The smallest absolute Gasteiger partial charge is 0.444 e. The van der Waals surface area contributed by atoms with E-state index >= 15 is 0 Å². The molecule has 3 rings (SSSR count). The number of likely N-dealkylation sites (tertiary alicyclic amines) is 1. The van der Waals surface area contributed by atoms with Crippen molar-refractivity contribution >= 4 is 50.7 Å². The van der Waals surface area contributed by atoms with Crippen LogP contribution in [0.15, 0.2) is 18.2 Å². The van der Waals surface area contributed by atoms with E-state index in [2.05, 4.69) is 20.4 Å². The van der Waals surface area contributed by atoms with Crippen LogP contribution in [0, 0.1) is 0 Å². The molecule has 0 spiro atoms. The summed E-state index contributed by atoms with van der Waals surface area (Å²) in [6, 6.07) is 3.19. The van der Waals surface area contributed by atoms with Crippen molar-refractivity contribution in [3.8, 4) is 5.75 Å². The third-order valence-corrected chi connectivity index (χ3v) is 6.72. The van der Waals surface area contributed by atoms with Gasteiger partial charge in [-0.25, -0.2) is 14.6 Å². The molecule has 0 radical (unpaired) electrons. The monoisotopic (exact) mass is 631 g/mol. The van der Waals surface area contributed by atoms with Crippen molar-refractivity contribution in [2.24, 2.45) is 0 Å². The Morgan fingerprint density at radius 3 is 2.21 bits per heavy atom. The summed E-state index contributed by atoms with van der Waals surface area (Å²) in [6.07, 6.45) is -5.23. The molecule has 2 heterocycles. The molecular weight excluding hydrogens is 595 g/mol. The second kappa shape index (κ2) is 13.2. The molecule has 0 atom stereocenters. The summed E-state index contributed by atoms with van der Waals surface area (Å²) in [5.41, 5.74) is -1.12. The third-order valence-electron chi connectivity index (χ3n) is 5.78. The quantitative estimate of drug-likeness (QED) is 0.441. The van der Waals surface area contributed by atoms with Crippen LogP contribution in [0.2, 0.25) is 0 Å². The van der Waals surface area contributed by atoms with E-state index in [9.17, 15) is 32.3 Å². The van der Waals surface area contributed by atoms with Gasteiger partial charge in [-0.15, -0.1) is 13.2 Å². The zero-order valence-electron chi connectivity index (χ0n) is 24.8. The maximum absolute atomic E-state index is 13.0. The van der Waals surface area contributed by atoms with Gasteiger partial charge in [-0.05, 0) is 66.5 Å². The first kappa shape index (κ1) is 33.7. The molecule has 2 N–H and O–H groups in total. The SMILES string of the molecule is CC(C)(C)OC(=O)N1CCC(N(CC(=O)NCC(=O)Nc2nc3ccc(OC(F)(F)F)cc3s2)C(=O)OC(C)(C)C)CC1. The average molecular weight is 632 g/mol. The van der Waals surface area contributed by atoms with Gasteiger partial charge in [0.2, 0.25) is 11.8 Å². The molecule has 1 saturated heterocycles. The van der Waals surface area contributed by atoms with Crippen molar-refractivity contribution in [2.45, 2.75) is 78.0 Å². The van der Waals surface area contributed by atoms with Crippen molar-refractivity contribution in [1.29, 1.82) is 0 Å². The number of carbonyl (C=O) groups excluding carboxylic acids is 4. The van der Waals surface area contributed by atoms with Crippen molar-refractivity contribution < 1.29 is 46.6 Å². The number of thiazole rings is 1. The largest absolute Gasteiger partial charge is 0.573 e. The molecule has 4 amide bonds. The van der Waals surface area contributed by atoms with Crippen LogP contribution >= 0.6 is 11.3 Å². The van der Waals surface area contributed by atoms with Crippen LogP contribution in [-0.2, 0) is 19.1 Å². The molecule has 0 bridgehead atoms.